The second kappa shape index (κ2) is 7.01. The number of hydrogen-bond donors (Lipinski definition) is 4. The van der Waals surface area contributed by atoms with Crippen molar-refractivity contribution in [3.8, 4) is 0 Å². The first-order chi connectivity index (χ1) is 9.70. The summed E-state index contributed by atoms with van der Waals surface area (Å²) in [6, 6.07) is 0. The Balaban J connectivity index is 2.68. The lowest BCUT2D eigenvalue weighted by atomic mass is 10.1. The minimum atomic E-state index is -5.72. The van der Waals surface area contributed by atoms with Gasteiger partial charge in [0, 0.05) is 0 Å². The molecule has 1 aliphatic rings. The SMILES string of the molecule is O=P([O-])(O)OC[C@H]1O[C@H](OP(=O)([O-])OP(=O)([O-])O)[C@H](O)[C@@H]1O. The average molecular weight is 387 g/mol. The van der Waals surface area contributed by atoms with Crippen LogP contribution in [-0.2, 0) is 31.8 Å². The average Bonchev–Trinajstić information content (AvgIpc) is 2.49. The second-order valence-electron chi connectivity index (χ2n) is 3.89. The van der Waals surface area contributed by atoms with Gasteiger partial charge in [-0.1, -0.05) is 0 Å². The Morgan fingerprint density at radius 1 is 1.00 bits per heavy atom. The van der Waals surface area contributed by atoms with E-state index in [1.54, 1.807) is 0 Å². The van der Waals surface area contributed by atoms with Gasteiger partial charge in [-0.15, -0.1) is 0 Å². The summed E-state index contributed by atoms with van der Waals surface area (Å²) in [5.41, 5.74) is 0. The highest BCUT2D eigenvalue weighted by Gasteiger charge is 2.45. The molecule has 1 rings (SSSR count). The maximum Gasteiger partial charge on any atom is 0.276 e. The maximum atomic E-state index is 11.1. The van der Waals surface area contributed by atoms with Crippen LogP contribution in [0, 0.1) is 0 Å². The van der Waals surface area contributed by atoms with Crippen LogP contribution in [0.5, 0.6) is 0 Å². The third-order valence-electron chi connectivity index (χ3n) is 2.16. The zero-order chi connectivity index (χ0) is 17.3. The van der Waals surface area contributed by atoms with Gasteiger partial charge in [0.1, 0.15) is 18.3 Å². The van der Waals surface area contributed by atoms with E-state index < -0.39 is 54.7 Å². The smallest absolute Gasteiger partial charge is 0.276 e. The van der Waals surface area contributed by atoms with E-state index in [0.717, 1.165) is 0 Å². The van der Waals surface area contributed by atoms with Crippen molar-refractivity contribution in [2.75, 3.05) is 6.61 Å². The fourth-order valence-corrected chi connectivity index (χ4v) is 3.31. The highest BCUT2D eigenvalue weighted by molar-refractivity contribution is 7.59. The van der Waals surface area contributed by atoms with E-state index in [1.807, 2.05) is 0 Å². The van der Waals surface area contributed by atoms with Crippen LogP contribution in [0.3, 0.4) is 0 Å². The molecule has 1 heterocycles. The summed E-state index contributed by atoms with van der Waals surface area (Å²) in [4.78, 5) is 48.3. The molecule has 22 heavy (non-hydrogen) atoms. The van der Waals surface area contributed by atoms with Gasteiger partial charge in [0.2, 0.25) is 0 Å². The first-order valence-corrected chi connectivity index (χ1v) is 9.60. The van der Waals surface area contributed by atoms with Crippen molar-refractivity contribution in [3.05, 3.63) is 0 Å². The van der Waals surface area contributed by atoms with Gasteiger partial charge in [-0.05, 0) is 0 Å². The van der Waals surface area contributed by atoms with E-state index in [9.17, 15) is 38.6 Å². The van der Waals surface area contributed by atoms with Crippen molar-refractivity contribution in [2.45, 2.75) is 24.6 Å². The Labute approximate surface area is 122 Å². The molecule has 0 bridgehead atoms. The highest BCUT2D eigenvalue weighted by atomic mass is 31.3. The van der Waals surface area contributed by atoms with E-state index in [0.29, 0.717) is 0 Å². The minimum Gasteiger partial charge on any atom is -0.756 e. The monoisotopic (exact) mass is 387 g/mol. The fraction of sp³-hybridized carbons (Fsp3) is 1.00. The summed E-state index contributed by atoms with van der Waals surface area (Å²) >= 11 is 0. The molecular weight excluding hydrogens is 377 g/mol. The van der Waals surface area contributed by atoms with Gasteiger partial charge in [0.25, 0.3) is 23.5 Å². The molecular formula is C5H10O14P3-3. The van der Waals surface area contributed by atoms with Gasteiger partial charge in [-0.25, -0.2) is 4.31 Å². The molecule has 0 radical (unpaired) electrons. The van der Waals surface area contributed by atoms with Gasteiger partial charge in [0.15, 0.2) is 6.29 Å². The lowest BCUT2D eigenvalue weighted by Crippen LogP contribution is -2.35. The van der Waals surface area contributed by atoms with E-state index in [2.05, 4.69) is 18.1 Å². The molecule has 4 N–H and O–H groups in total. The molecule has 17 heteroatoms. The standard InChI is InChI=1S/C5H13O14P3/c6-3-2(1-16-20(8,9)10)17-5(4(3)7)18-22(14,15)19-21(11,12)13/h2-7H,1H2,(H,14,15)(H2,8,9,10)(H2,11,12,13)/p-3/t2-,3-,4-,5-/m1/s1. The van der Waals surface area contributed by atoms with Crippen molar-refractivity contribution < 1.29 is 66.5 Å². The lowest BCUT2D eigenvalue weighted by molar-refractivity contribution is -0.257. The van der Waals surface area contributed by atoms with Crippen molar-refractivity contribution in [1.29, 1.82) is 0 Å². The number of aliphatic hydroxyl groups is 2. The molecule has 0 aromatic carbocycles. The van der Waals surface area contributed by atoms with Crippen LogP contribution in [-0.4, -0.2) is 51.2 Å². The Kier molecular flexibility index (Phi) is 6.47. The first-order valence-electron chi connectivity index (χ1n) is 5.15. The van der Waals surface area contributed by atoms with Crippen LogP contribution in [0.2, 0.25) is 0 Å². The van der Waals surface area contributed by atoms with Crippen LogP contribution in [0.1, 0.15) is 0 Å². The van der Waals surface area contributed by atoms with Crippen molar-refractivity contribution in [3.63, 3.8) is 0 Å². The Morgan fingerprint density at radius 2 is 1.55 bits per heavy atom. The number of aliphatic hydroxyl groups excluding tert-OH is 2. The van der Waals surface area contributed by atoms with Crippen molar-refractivity contribution in [2.24, 2.45) is 0 Å². The quantitative estimate of drug-likeness (QED) is 0.303. The predicted molar refractivity (Wildman–Crippen MR) is 56.1 cm³/mol. The summed E-state index contributed by atoms with van der Waals surface area (Å²) in [6.07, 6.45) is -7.77. The number of phosphoric ester groups is 2. The zero-order valence-electron chi connectivity index (χ0n) is 10.2. The molecule has 1 fully saturated rings. The molecule has 14 nitrogen and oxygen atoms in total. The Morgan fingerprint density at radius 3 is 2.00 bits per heavy atom. The topological polar surface area (TPSA) is 238 Å². The molecule has 1 aliphatic heterocycles. The molecule has 7 atom stereocenters. The molecule has 0 amide bonds. The van der Waals surface area contributed by atoms with Gasteiger partial charge < -0.3 is 43.9 Å². The molecule has 3 unspecified atom stereocenters. The molecule has 0 aromatic heterocycles. The third kappa shape index (κ3) is 6.79. The summed E-state index contributed by atoms with van der Waals surface area (Å²) in [5, 5.41) is 18.9. The molecule has 0 aliphatic carbocycles. The Bertz CT molecular complexity index is 521. The van der Waals surface area contributed by atoms with Gasteiger partial charge >= 0.3 is 0 Å². The minimum absolute atomic E-state index is 1.00. The summed E-state index contributed by atoms with van der Waals surface area (Å²) < 4.78 is 47.4. The molecule has 0 saturated carbocycles. The van der Waals surface area contributed by atoms with Crippen LogP contribution >= 0.6 is 23.5 Å². The van der Waals surface area contributed by atoms with Crippen LogP contribution in [0.4, 0.5) is 0 Å². The molecule has 1 saturated heterocycles. The van der Waals surface area contributed by atoms with E-state index in [-0.39, 0.29) is 0 Å². The van der Waals surface area contributed by atoms with E-state index >= 15 is 0 Å². The third-order valence-corrected chi connectivity index (χ3v) is 4.72. The number of phosphoric acid groups is 3. The first kappa shape index (κ1) is 20.3. The molecule has 132 valence electrons. The highest BCUT2D eigenvalue weighted by Crippen LogP contribution is 2.54. The van der Waals surface area contributed by atoms with Crippen molar-refractivity contribution >= 4 is 23.5 Å². The lowest BCUT2D eigenvalue weighted by Gasteiger charge is -2.30. The predicted octanol–water partition coefficient (Wildman–Crippen LogP) is -4.13. The number of hydrogen-bond acceptors (Lipinski definition) is 12. The van der Waals surface area contributed by atoms with E-state index in [4.69, 9.17) is 9.79 Å². The number of ether oxygens (including phenoxy) is 1. The summed E-state index contributed by atoms with van der Waals surface area (Å²) in [6.45, 7) is -1.00. The Hall–Kier alpha value is 0.250. The molecule has 0 spiro atoms. The van der Waals surface area contributed by atoms with Crippen molar-refractivity contribution in [1.82, 2.24) is 0 Å². The van der Waals surface area contributed by atoms with Crippen LogP contribution in [0.25, 0.3) is 0 Å². The number of rotatable bonds is 7. The van der Waals surface area contributed by atoms with Gasteiger partial charge in [-0.3, -0.25) is 18.2 Å². The fourth-order valence-electron chi connectivity index (χ4n) is 1.38. The van der Waals surface area contributed by atoms with Gasteiger partial charge in [0.05, 0.1) is 6.61 Å². The van der Waals surface area contributed by atoms with E-state index in [1.165, 1.54) is 0 Å². The zero-order valence-corrected chi connectivity index (χ0v) is 12.9. The van der Waals surface area contributed by atoms with Gasteiger partial charge in [-0.2, -0.15) is 0 Å². The maximum absolute atomic E-state index is 11.1. The summed E-state index contributed by atoms with van der Waals surface area (Å²) in [5.74, 6) is 0. The molecule has 0 aromatic rings. The van der Waals surface area contributed by atoms with Crippen LogP contribution in [0.15, 0.2) is 0 Å². The normalized spacial score (nSPS) is 37.2. The van der Waals surface area contributed by atoms with Crippen LogP contribution < -0.4 is 14.7 Å². The second-order valence-corrected chi connectivity index (χ2v) is 7.78. The largest absolute Gasteiger partial charge is 0.756 e. The summed E-state index contributed by atoms with van der Waals surface area (Å²) in [7, 11) is -16.6.